The van der Waals surface area contributed by atoms with Crippen molar-refractivity contribution >= 4 is 17.5 Å². The molecule has 1 unspecified atom stereocenters. The second-order valence-corrected chi connectivity index (χ2v) is 8.00. The van der Waals surface area contributed by atoms with Gasteiger partial charge in [-0.15, -0.1) is 0 Å². The molecule has 0 N–H and O–H groups in total. The maximum absolute atomic E-state index is 11.5. The van der Waals surface area contributed by atoms with Gasteiger partial charge in [0.25, 0.3) is 0 Å². The van der Waals surface area contributed by atoms with Crippen molar-refractivity contribution < 1.29 is 81.5 Å². The number of rotatable bonds is 5. The van der Waals surface area contributed by atoms with Crippen molar-refractivity contribution in [3.63, 3.8) is 0 Å². The van der Waals surface area contributed by atoms with Crippen molar-refractivity contribution in [2.24, 2.45) is 0 Å². The van der Waals surface area contributed by atoms with Crippen LogP contribution in [0.4, 0.5) is 0 Å². The Hall–Kier alpha value is 2.06. The second-order valence-electron chi connectivity index (χ2n) is 4.12. The predicted octanol–water partition coefficient (Wildman–Crippen LogP) is -6.38. The van der Waals surface area contributed by atoms with E-state index in [1.54, 1.807) is 4.90 Å². The largest absolute Gasteiger partial charge is 1.00 e. The van der Waals surface area contributed by atoms with E-state index in [9.17, 15) is 22.4 Å². The molecule has 1 aliphatic rings. The van der Waals surface area contributed by atoms with Crippen LogP contribution in [0.2, 0.25) is 0 Å². The van der Waals surface area contributed by atoms with E-state index >= 15 is 0 Å². The number of hydrogen-bond donors (Lipinski definition) is 0. The molecule has 1 atom stereocenters. The van der Waals surface area contributed by atoms with Crippen LogP contribution in [0.25, 0.3) is 0 Å². The van der Waals surface area contributed by atoms with Crippen LogP contribution >= 0.6 is 7.37 Å². The molecule has 1 rings (SSSR count). The van der Waals surface area contributed by atoms with Gasteiger partial charge in [-0.3, -0.25) is 4.90 Å². The average molecular weight is 315 g/mol. The van der Waals surface area contributed by atoms with Gasteiger partial charge in [0.1, 0.15) is 0 Å². The first-order valence-corrected chi connectivity index (χ1v) is 8.81. The van der Waals surface area contributed by atoms with Gasteiger partial charge in [0.15, 0.2) is 0 Å². The minimum absolute atomic E-state index is 0. The van der Waals surface area contributed by atoms with Crippen LogP contribution in [0, 0.1) is 0 Å². The van der Waals surface area contributed by atoms with Crippen LogP contribution in [0.3, 0.4) is 0 Å². The van der Waals surface area contributed by atoms with Crippen LogP contribution in [0.5, 0.6) is 0 Å². The summed E-state index contributed by atoms with van der Waals surface area (Å²) in [4.78, 5) is 13.3. The van der Waals surface area contributed by atoms with Gasteiger partial charge < -0.3 is 14.0 Å². The summed E-state index contributed by atoms with van der Waals surface area (Å²) in [5, 5.41) is 0. The Balaban J connectivity index is 0. The van der Waals surface area contributed by atoms with Gasteiger partial charge in [-0.05, 0) is 25.9 Å². The van der Waals surface area contributed by atoms with Gasteiger partial charge in [0.2, 0.25) is 0 Å². The molecule has 0 spiro atoms. The molecule has 10 heteroatoms. The topological polar surface area (TPSA) is 101 Å². The summed E-state index contributed by atoms with van der Waals surface area (Å²) in [5.74, 6) is -0.818. The van der Waals surface area contributed by atoms with E-state index in [-0.39, 0.29) is 65.4 Å². The van der Waals surface area contributed by atoms with Crippen molar-refractivity contribution in [3.8, 4) is 0 Å². The van der Waals surface area contributed by atoms with Gasteiger partial charge in [-0.2, -0.15) is 0 Å². The van der Waals surface area contributed by atoms with Gasteiger partial charge in [0.05, 0.1) is 10.1 Å². The molecule has 1 saturated heterocycles. The normalized spacial score (nSPS) is 20.3. The Morgan fingerprint density at radius 1 is 1.11 bits per heavy atom. The van der Waals surface area contributed by atoms with E-state index in [0.29, 0.717) is 0 Å². The Morgan fingerprint density at radius 2 is 1.61 bits per heavy atom. The number of likely N-dealkylation sites (tertiary alicyclic amines) is 1. The minimum atomic E-state index is -4.44. The molecule has 18 heavy (non-hydrogen) atoms. The van der Waals surface area contributed by atoms with E-state index in [0.717, 1.165) is 32.4 Å². The zero-order chi connectivity index (χ0) is 12.2. The SMILES string of the molecule is O=P([O-])(CCS(=O)(=O)[O-])CN1CCCCC1.[Na+].[Na+]. The quantitative estimate of drug-likeness (QED) is 0.284. The third-order valence-electron chi connectivity index (χ3n) is 2.55. The van der Waals surface area contributed by atoms with E-state index in [1.165, 1.54) is 0 Å². The minimum Gasteiger partial charge on any atom is -0.798 e. The molecule has 0 aromatic carbocycles. The number of nitrogens with zero attached hydrogens (tertiary/aromatic N) is 1. The molecule has 0 saturated carbocycles. The Bertz CT molecular complexity index is 372. The van der Waals surface area contributed by atoms with Crippen molar-refractivity contribution in [1.82, 2.24) is 4.90 Å². The maximum atomic E-state index is 11.5. The standard InChI is InChI=1S/C8H18NO5PS.2Na/c10-15(11,6-7-16(12,13)14)8-9-4-2-1-3-5-9;;/h1-8H2,(H,10,11)(H,12,13,14);;/q;2*+1/p-2. The first kappa shape index (κ1) is 22.3. The summed E-state index contributed by atoms with van der Waals surface area (Å²) < 4.78 is 42.6. The van der Waals surface area contributed by atoms with E-state index < -0.39 is 29.4 Å². The average Bonchev–Trinajstić information content (AvgIpc) is 2.15. The Morgan fingerprint density at radius 3 is 2.06 bits per heavy atom. The van der Waals surface area contributed by atoms with E-state index in [4.69, 9.17) is 0 Å². The van der Waals surface area contributed by atoms with Crippen molar-refractivity contribution in [1.29, 1.82) is 0 Å². The summed E-state index contributed by atoms with van der Waals surface area (Å²) in [7, 11) is -8.20. The van der Waals surface area contributed by atoms with Crippen molar-refractivity contribution in [2.45, 2.75) is 19.3 Å². The third-order valence-corrected chi connectivity index (χ3v) is 5.29. The number of piperidine rings is 1. The molecule has 1 fully saturated rings. The predicted molar refractivity (Wildman–Crippen MR) is 57.3 cm³/mol. The maximum Gasteiger partial charge on any atom is 1.00 e. The molecule has 96 valence electrons. The van der Waals surface area contributed by atoms with Crippen LogP contribution in [-0.2, 0) is 14.7 Å². The first-order valence-electron chi connectivity index (χ1n) is 5.23. The van der Waals surface area contributed by atoms with Crippen LogP contribution in [0.1, 0.15) is 19.3 Å². The third kappa shape index (κ3) is 10.8. The summed E-state index contributed by atoms with van der Waals surface area (Å²) >= 11 is 0. The fraction of sp³-hybridized carbons (Fsp3) is 1.00. The van der Waals surface area contributed by atoms with Gasteiger partial charge >= 0.3 is 59.1 Å². The molecule has 1 aliphatic heterocycles. The van der Waals surface area contributed by atoms with Crippen molar-refractivity contribution in [3.05, 3.63) is 0 Å². The van der Waals surface area contributed by atoms with Crippen LogP contribution in [0.15, 0.2) is 0 Å². The summed E-state index contributed by atoms with van der Waals surface area (Å²) in [6.07, 6.45) is 2.39. The fourth-order valence-electron chi connectivity index (χ4n) is 1.73. The molecular weight excluding hydrogens is 299 g/mol. The fourth-order valence-corrected chi connectivity index (χ4v) is 4.77. The Kier molecular flexibility index (Phi) is 12.3. The molecule has 1 heterocycles. The molecule has 6 nitrogen and oxygen atoms in total. The van der Waals surface area contributed by atoms with Gasteiger partial charge in [-0.1, -0.05) is 6.42 Å². The summed E-state index contributed by atoms with van der Waals surface area (Å²) in [6.45, 7) is 1.46. The molecule has 0 aromatic rings. The van der Waals surface area contributed by atoms with Crippen LogP contribution < -0.4 is 64.0 Å². The monoisotopic (exact) mass is 315 g/mol. The molecule has 0 radical (unpaired) electrons. The summed E-state index contributed by atoms with van der Waals surface area (Å²) in [5.41, 5.74) is 0. The van der Waals surface area contributed by atoms with Gasteiger partial charge in [0, 0.05) is 25.6 Å². The Labute approximate surface area is 153 Å². The van der Waals surface area contributed by atoms with E-state index in [2.05, 4.69) is 0 Å². The molecule has 0 bridgehead atoms. The smallest absolute Gasteiger partial charge is 0.798 e. The zero-order valence-corrected chi connectivity index (χ0v) is 16.7. The molecular formula is C8H16NNa2O5PS. The summed E-state index contributed by atoms with van der Waals surface area (Å²) in [6, 6.07) is 0. The molecule has 0 aliphatic carbocycles. The molecule has 0 aromatic heterocycles. The van der Waals surface area contributed by atoms with Crippen molar-refractivity contribution in [2.75, 3.05) is 31.3 Å². The second kappa shape index (κ2) is 9.90. The van der Waals surface area contributed by atoms with Gasteiger partial charge in [-0.25, -0.2) is 8.42 Å². The number of hydrogen-bond acceptors (Lipinski definition) is 6. The van der Waals surface area contributed by atoms with E-state index in [1.807, 2.05) is 0 Å². The van der Waals surface area contributed by atoms with Crippen LogP contribution in [-0.4, -0.2) is 49.2 Å². The molecule has 0 amide bonds. The zero-order valence-electron chi connectivity index (χ0n) is 11.0. The first-order chi connectivity index (χ1) is 7.29.